The highest BCUT2D eigenvalue weighted by Gasteiger charge is 2.16. The number of rotatable bonds is 5. The van der Waals surface area contributed by atoms with Crippen molar-refractivity contribution in [2.45, 2.75) is 17.6 Å². The van der Waals surface area contributed by atoms with E-state index in [0.717, 1.165) is 5.56 Å². The highest BCUT2D eigenvalue weighted by molar-refractivity contribution is 7.98. The minimum absolute atomic E-state index is 0.0558. The molecule has 0 fully saturated rings. The van der Waals surface area contributed by atoms with Crippen molar-refractivity contribution >= 4 is 34.8 Å². The van der Waals surface area contributed by atoms with Crippen molar-refractivity contribution in [2.75, 3.05) is 0 Å². The average molecular weight is 322 g/mol. The lowest BCUT2D eigenvalue weighted by Gasteiger charge is -2.06. The zero-order valence-corrected chi connectivity index (χ0v) is 12.8. The van der Waals surface area contributed by atoms with Crippen LogP contribution < -0.4 is 0 Å². The van der Waals surface area contributed by atoms with Gasteiger partial charge in [0.1, 0.15) is 0 Å². The average Bonchev–Trinajstić information content (AvgIpc) is 2.46. The van der Waals surface area contributed by atoms with Gasteiger partial charge in [-0.2, -0.15) is 0 Å². The van der Waals surface area contributed by atoms with Gasteiger partial charge < -0.3 is 0 Å². The first kappa shape index (κ1) is 15.5. The second-order valence-corrected chi connectivity index (χ2v) is 5.80. The van der Waals surface area contributed by atoms with E-state index in [1.165, 1.54) is 24.8 Å². The summed E-state index contributed by atoms with van der Waals surface area (Å²) in [6, 6.07) is 11.9. The van der Waals surface area contributed by atoms with Crippen LogP contribution in [0.25, 0.3) is 0 Å². The SMILES string of the molecule is CC(=O)c1ccc(SCc2ccccc2Cl)c([N+](=O)[O-])c1. The quantitative estimate of drug-likeness (QED) is 0.345. The van der Waals surface area contributed by atoms with Gasteiger partial charge in [-0.15, -0.1) is 11.8 Å². The van der Waals surface area contributed by atoms with Crippen LogP contribution >= 0.6 is 23.4 Å². The van der Waals surface area contributed by atoms with Gasteiger partial charge in [-0.3, -0.25) is 14.9 Å². The van der Waals surface area contributed by atoms with E-state index in [2.05, 4.69) is 0 Å². The van der Waals surface area contributed by atoms with E-state index in [1.54, 1.807) is 18.2 Å². The Morgan fingerprint density at radius 3 is 2.62 bits per heavy atom. The van der Waals surface area contributed by atoms with Crippen molar-refractivity contribution in [1.29, 1.82) is 0 Å². The molecule has 0 N–H and O–H groups in total. The predicted octanol–water partition coefficient (Wildman–Crippen LogP) is 4.74. The van der Waals surface area contributed by atoms with Crippen molar-refractivity contribution in [1.82, 2.24) is 0 Å². The van der Waals surface area contributed by atoms with Gasteiger partial charge in [0.25, 0.3) is 5.69 Å². The molecule has 0 radical (unpaired) electrons. The lowest BCUT2D eigenvalue weighted by Crippen LogP contribution is -1.97. The van der Waals surface area contributed by atoms with Crippen LogP contribution in [0.1, 0.15) is 22.8 Å². The van der Waals surface area contributed by atoms with Crippen LogP contribution in [-0.2, 0) is 5.75 Å². The number of benzene rings is 2. The van der Waals surface area contributed by atoms with Gasteiger partial charge in [-0.25, -0.2) is 0 Å². The minimum atomic E-state index is -0.471. The number of carbonyl (C=O) groups is 1. The summed E-state index contributed by atoms with van der Waals surface area (Å²) >= 11 is 7.39. The van der Waals surface area contributed by atoms with Crippen molar-refractivity contribution < 1.29 is 9.72 Å². The number of hydrogen-bond acceptors (Lipinski definition) is 4. The van der Waals surface area contributed by atoms with Crippen LogP contribution in [0.15, 0.2) is 47.4 Å². The number of nitro benzene ring substituents is 1. The predicted molar refractivity (Wildman–Crippen MR) is 84.1 cm³/mol. The monoisotopic (exact) mass is 321 g/mol. The van der Waals surface area contributed by atoms with Crippen LogP contribution in [0.4, 0.5) is 5.69 Å². The van der Waals surface area contributed by atoms with Crippen LogP contribution in [0.3, 0.4) is 0 Å². The second kappa shape index (κ2) is 6.74. The highest BCUT2D eigenvalue weighted by atomic mass is 35.5. The lowest BCUT2D eigenvalue weighted by molar-refractivity contribution is -0.387. The third-order valence-corrected chi connectivity index (χ3v) is 4.38. The normalized spacial score (nSPS) is 10.4. The molecule has 0 saturated heterocycles. The molecule has 0 aromatic heterocycles. The van der Waals surface area contributed by atoms with Crippen LogP contribution in [0.5, 0.6) is 0 Å². The van der Waals surface area contributed by atoms with Gasteiger partial charge in [0.2, 0.25) is 0 Å². The van der Waals surface area contributed by atoms with E-state index in [0.29, 0.717) is 21.2 Å². The third kappa shape index (κ3) is 3.83. The molecule has 0 saturated carbocycles. The fraction of sp³-hybridized carbons (Fsp3) is 0.133. The maximum absolute atomic E-state index is 11.3. The molecule has 0 amide bonds. The second-order valence-electron chi connectivity index (χ2n) is 4.38. The summed E-state index contributed by atoms with van der Waals surface area (Å²) in [7, 11) is 0. The Hall–Kier alpha value is -1.85. The Balaban J connectivity index is 2.26. The highest BCUT2D eigenvalue weighted by Crippen LogP contribution is 2.33. The summed E-state index contributed by atoms with van der Waals surface area (Å²) in [5.74, 6) is 0.334. The van der Waals surface area contributed by atoms with E-state index >= 15 is 0 Å². The molecule has 0 heterocycles. The van der Waals surface area contributed by atoms with E-state index in [1.807, 2.05) is 18.2 Å². The molecule has 2 rings (SSSR count). The minimum Gasteiger partial charge on any atom is -0.295 e. The molecule has 108 valence electrons. The summed E-state index contributed by atoms with van der Waals surface area (Å²) in [5.41, 5.74) is 1.19. The molecule has 0 aliphatic rings. The van der Waals surface area contributed by atoms with Crippen molar-refractivity contribution in [3.05, 3.63) is 68.7 Å². The van der Waals surface area contributed by atoms with Crippen LogP contribution in [-0.4, -0.2) is 10.7 Å². The summed E-state index contributed by atoms with van der Waals surface area (Å²) in [4.78, 5) is 22.5. The summed E-state index contributed by atoms with van der Waals surface area (Å²) < 4.78 is 0. The molecule has 0 bridgehead atoms. The maximum Gasteiger partial charge on any atom is 0.283 e. The number of hydrogen-bond donors (Lipinski definition) is 0. The lowest BCUT2D eigenvalue weighted by atomic mass is 10.1. The first-order chi connectivity index (χ1) is 9.99. The molecule has 21 heavy (non-hydrogen) atoms. The molecule has 0 aliphatic heterocycles. The van der Waals surface area contributed by atoms with E-state index in [4.69, 9.17) is 11.6 Å². The molecule has 0 aliphatic carbocycles. The third-order valence-electron chi connectivity index (χ3n) is 2.90. The first-order valence-corrected chi connectivity index (χ1v) is 7.51. The van der Waals surface area contributed by atoms with E-state index < -0.39 is 4.92 Å². The number of nitro groups is 1. The number of nitrogens with zero attached hydrogens (tertiary/aromatic N) is 1. The smallest absolute Gasteiger partial charge is 0.283 e. The Bertz CT molecular complexity index is 703. The van der Waals surface area contributed by atoms with Gasteiger partial charge in [-0.05, 0) is 30.7 Å². The molecule has 2 aromatic carbocycles. The fourth-order valence-electron chi connectivity index (χ4n) is 1.77. The van der Waals surface area contributed by atoms with Crippen LogP contribution in [0, 0.1) is 10.1 Å². The Morgan fingerprint density at radius 2 is 2.00 bits per heavy atom. The molecule has 0 unspecified atom stereocenters. The maximum atomic E-state index is 11.3. The van der Waals surface area contributed by atoms with Gasteiger partial charge in [-0.1, -0.05) is 29.8 Å². The van der Waals surface area contributed by atoms with Gasteiger partial charge >= 0.3 is 0 Å². The molecular weight excluding hydrogens is 310 g/mol. The Labute approximate surface area is 131 Å². The molecule has 6 heteroatoms. The largest absolute Gasteiger partial charge is 0.295 e. The molecule has 4 nitrogen and oxygen atoms in total. The standard InChI is InChI=1S/C15H12ClNO3S/c1-10(18)11-6-7-15(14(8-11)17(19)20)21-9-12-4-2-3-5-13(12)16/h2-8H,9H2,1H3. The number of ketones is 1. The summed E-state index contributed by atoms with van der Waals surface area (Å²) in [6.07, 6.45) is 0. The van der Waals surface area contributed by atoms with Crippen molar-refractivity contribution in [2.24, 2.45) is 0 Å². The number of carbonyl (C=O) groups excluding carboxylic acids is 1. The molecular formula is C15H12ClNO3S. The van der Waals surface area contributed by atoms with E-state index in [9.17, 15) is 14.9 Å². The zero-order chi connectivity index (χ0) is 15.4. The van der Waals surface area contributed by atoms with Crippen LogP contribution in [0.2, 0.25) is 5.02 Å². The van der Waals surface area contributed by atoms with E-state index in [-0.39, 0.29) is 11.5 Å². The molecule has 0 atom stereocenters. The topological polar surface area (TPSA) is 60.2 Å². The molecule has 2 aromatic rings. The Morgan fingerprint density at radius 1 is 1.29 bits per heavy atom. The molecule has 0 spiro atoms. The van der Waals surface area contributed by atoms with Crippen molar-refractivity contribution in [3.63, 3.8) is 0 Å². The van der Waals surface area contributed by atoms with Gasteiger partial charge in [0.05, 0.1) is 9.82 Å². The first-order valence-electron chi connectivity index (χ1n) is 6.14. The summed E-state index contributed by atoms with van der Waals surface area (Å²) in [6.45, 7) is 1.38. The number of halogens is 1. The fourth-order valence-corrected chi connectivity index (χ4v) is 3.06. The van der Waals surface area contributed by atoms with Gasteiger partial charge in [0.15, 0.2) is 5.78 Å². The van der Waals surface area contributed by atoms with Gasteiger partial charge in [0, 0.05) is 22.4 Å². The zero-order valence-electron chi connectivity index (χ0n) is 11.2. The number of Topliss-reactive ketones (excluding diaryl/α,β-unsaturated/α-hetero) is 1. The number of thioether (sulfide) groups is 1. The Kier molecular flexibility index (Phi) is 4.98. The summed E-state index contributed by atoms with van der Waals surface area (Å²) in [5, 5.41) is 11.8. The van der Waals surface area contributed by atoms with Crippen molar-refractivity contribution in [3.8, 4) is 0 Å².